The van der Waals surface area contributed by atoms with E-state index >= 15 is 0 Å². The molecular weight excluding hydrogens is 400 g/mol. The quantitative estimate of drug-likeness (QED) is 0.578. The lowest BCUT2D eigenvalue weighted by Crippen LogP contribution is -2.38. The lowest BCUT2D eigenvalue weighted by Gasteiger charge is -2.32. The molecule has 0 saturated carbocycles. The molecule has 1 aliphatic heterocycles. The molecule has 0 aliphatic carbocycles. The maximum Gasteiger partial charge on any atom is 0.254 e. The third-order valence-electron chi connectivity index (χ3n) is 4.93. The average Bonchev–Trinajstić information content (AvgIpc) is 3.05. The summed E-state index contributed by atoms with van der Waals surface area (Å²) in [5, 5.41) is 1.90. The number of carbonyl (C=O) groups excluding carboxylic acids is 1. The first-order valence-corrected chi connectivity index (χ1v) is 9.61. The van der Waals surface area contributed by atoms with Crippen LogP contribution in [0.4, 0.5) is 0 Å². The van der Waals surface area contributed by atoms with Crippen molar-refractivity contribution in [3.05, 3.63) is 69.3 Å². The highest BCUT2D eigenvalue weighted by Gasteiger charge is 2.26. The van der Waals surface area contributed by atoms with Crippen molar-refractivity contribution in [1.82, 2.24) is 9.88 Å². The van der Waals surface area contributed by atoms with Gasteiger partial charge in [-0.3, -0.25) is 4.79 Å². The van der Waals surface area contributed by atoms with Crippen LogP contribution in [-0.2, 0) is 0 Å². The topological polar surface area (TPSA) is 36.1 Å². The number of nitrogens with zero attached hydrogens (tertiary/aromatic N) is 1. The zero-order chi connectivity index (χ0) is 17.4. The number of aromatic amines is 1. The maximum atomic E-state index is 12.7. The number of carbonyl (C=O) groups is 1. The Hall–Kier alpha value is -1.78. The molecule has 3 nitrogen and oxygen atoms in total. The van der Waals surface area contributed by atoms with Gasteiger partial charge in [-0.15, -0.1) is 0 Å². The Balaban J connectivity index is 1.47. The molecule has 5 heteroatoms. The minimum atomic E-state index is 0.106. The molecule has 3 aromatic rings. The number of piperidine rings is 1. The fourth-order valence-electron chi connectivity index (χ4n) is 3.54. The van der Waals surface area contributed by atoms with Gasteiger partial charge in [-0.1, -0.05) is 23.7 Å². The standard InChI is InChI=1S/C20H18BrClN2O/c21-17-4-2-1-3-16(17)20(25)24-9-7-13(8-10-24)19-12-14-11-15(22)5-6-18(14)23-19/h1-6,11-13,23H,7-10H2. The first kappa shape index (κ1) is 16.7. The lowest BCUT2D eigenvalue weighted by atomic mass is 9.93. The Morgan fingerprint density at radius 2 is 1.88 bits per heavy atom. The molecule has 0 radical (unpaired) electrons. The van der Waals surface area contributed by atoms with E-state index in [9.17, 15) is 4.79 Å². The molecule has 2 aromatic carbocycles. The van der Waals surface area contributed by atoms with Crippen LogP contribution in [0.15, 0.2) is 53.0 Å². The Bertz CT molecular complexity index is 928. The van der Waals surface area contributed by atoms with Crippen molar-refractivity contribution in [3.8, 4) is 0 Å². The second-order valence-corrected chi connectivity index (χ2v) is 7.79. The minimum absolute atomic E-state index is 0.106. The maximum absolute atomic E-state index is 12.7. The SMILES string of the molecule is O=C(c1ccccc1Br)N1CCC(c2cc3cc(Cl)ccc3[nH]2)CC1. The molecule has 2 heterocycles. The summed E-state index contributed by atoms with van der Waals surface area (Å²) >= 11 is 9.55. The molecule has 1 aliphatic rings. The predicted octanol–water partition coefficient (Wildman–Crippen LogP) is 5.60. The van der Waals surface area contributed by atoms with Crippen molar-refractivity contribution in [3.63, 3.8) is 0 Å². The Labute approximate surface area is 160 Å². The molecule has 1 aromatic heterocycles. The van der Waals surface area contributed by atoms with Gasteiger partial charge in [-0.25, -0.2) is 0 Å². The zero-order valence-electron chi connectivity index (χ0n) is 13.6. The fourth-order valence-corrected chi connectivity index (χ4v) is 4.18. The van der Waals surface area contributed by atoms with E-state index in [0.717, 1.165) is 51.9 Å². The molecule has 1 N–H and O–H groups in total. The van der Waals surface area contributed by atoms with Crippen molar-refractivity contribution in [1.29, 1.82) is 0 Å². The number of rotatable bonds is 2. The van der Waals surface area contributed by atoms with Crippen molar-refractivity contribution >= 4 is 44.3 Å². The third kappa shape index (κ3) is 3.33. The lowest BCUT2D eigenvalue weighted by molar-refractivity contribution is 0.0711. The summed E-state index contributed by atoms with van der Waals surface area (Å²) < 4.78 is 0.856. The molecule has 1 fully saturated rings. The molecule has 4 rings (SSSR count). The third-order valence-corrected chi connectivity index (χ3v) is 5.86. The summed E-state index contributed by atoms with van der Waals surface area (Å²) in [6.07, 6.45) is 1.94. The van der Waals surface area contributed by atoms with E-state index in [2.05, 4.69) is 27.0 Å². The van der Waals surface area contributed by atoms with Gasteiger partial charge in [0.2, 0.25) is 0 Å². The molecule has 1 saturated heterocycles. The number of benzene rings is 2. The van der Waals surface area contributed by atoms with E-state index in [1.165, 1.54) is 5.69 Å². The van der Waals surface area contributed by atoms with E-state index < -0.39 is 0 Å². The number of nitrogens with one attached hydrogen (secondary N) is 1. The first-order valence-electron chi connectivity index (χ1n) is 8.44. The van der Waals surface area contributed by atoms with Crippen LogP contribution in [0.5, 0.6) is 0 Å². The predicted molar refractivity (Wildman–Crippen MR) is 105 cm³/mol. The van der Waals surface area contributed by atoms with Crippen LogP contribution in [-0.4, -0.2) is 28.9 Å². The summed E-state index contributed by atoms with van der Waals surface area (Å²) in [7, 11) is 0. The van der Waals surface area contributed by atoms with E-state index in [1.807, 2.05) is 47.4 Å². The second kappa shape index (κ2) is 6.85. The number of likely N-dealkylation sites (tertiary alicyclic amines) is 1. The Morgan fingerprint density at radius 1 is 1.12 bits per heavy atom. The van der Waals surface area contributed by atoms with Crippen LogP contribution < -0.4 is 0 Å². The van der Waals surface area contributed by atoms with E-state index in [0.29, 0.717) is 5.92 Å². The van der Waals surface area contributed by atoms with Gasteiger partial charge in [0.15, 0.2) is 0 Å². The first-order chi connectivity index (χ1) is 12.1. The normalized spacial score (nSPS) is 15.7. The van der Waals surface area contributed by atoms with Crippen molar-refractivity contribution < 1.29 is 4.79 Å². The van der Waals surface area contributed by atoms with Crippen molar-refractivity contribution in [2.45, 2.75) is 18.8 Å². The van der Waals surface area contributed by atoms with Crippen LogP contribution in [0.2, 0.25) is 5.02 Å². The number of amides is 1. The summed E-state index contributed by atoms with van der Waals surface area (Å²) in [6, 6.07) is 15.7. The van der Waals surface area contributed by atoms with Gasteiger partial charge in [0, 0.05) is 45.1 Å². The number of fused-ring (bicyclic) bond motifs is 1. The van der Waals surface area contributed by atoms with Gasteiger partial charge in [-0.2, -0.15) is 0 Å². The summed E-state index contributed by atoms with van der Waals surface area (Å²) in [4.78, 5) is 18.2. The van der Waals surface area contributed by atoms with Crippen LogP contribution in [0, 0.1) is 0 Å². The van der Waals surface area contributed by atoms with Gasteiger partial charge in [0.1, 0.15) is 0 Å². The molecule has 0 atom stereocenters. The van der Waals surface area contributed by atoms with Crippen LogP contribution in [0.3, 0.4) is 0 Å². The van der Waals surface area contributed by atoms with Gasteiger partial charge in [0.25, 0.3) is 5.91 Å². The molecule has 128 valence electrons. The summed E-state index contributed by atoms with van der Waals surface area (Å²) in [5.74, 6) is 0.559. The molecule has 0 bridgehead atoms. The molecular formula is C20H18BrClN2O. The van der Waals surface area contributed by atoms with Gasteiger partial charge in [0.05, 0.1) is 5.56 Å². The average molecular weight is 418 g/mol. The Morgan fingerprint density at radius 3 is 2.64 bits per heavy atom. The summed E-state index contributed by atoms with van der Waals surface area (Å²) in [5.41, 5.74) is 3.09. The molecule has 0 spiro atoms. The number of hydrogen-bond donors (Lipinski definition) is 1. The summed E-state index contributed by atoms with van der Waals surface area (Å²) in [6.45, 7) is 1.56. The van der Waals surface area contributed by atoms with E-state index in [-0.39, 0.29) is 5.91 Å². The molecule has 0 unspecified atom stereocenters. The number of H-pyrrole nitrogens is 1. The number of halogens is 2. The monoisotopic (exact) mass is 416 g/mol. The van der Waals surface area contributed by atoms with Gasteiger partial charge >= 0.3 is 0 Å². The minimum Gasteiger partial charge on any atom is -0.358 e. The molecule has 1 amide bonds. The Kier molecular flexibility index (Phi) is 4.57. The van der Waals surface area contributed by atoms with Gasteiger partial charge in [-0.05, 0) is 65.2 Å². The number of hydrogen-bond acceptors (Lipinski definition) is 1. The number of aromatic nitrogens is 1. The zero-order valence-corrected chi connectivity index (χ0v) is 16.0. The highest BCUT2D eigenvalue weighted by atomic mass is 79.9. The highest BCUT2D eigenvalue weighted by Crippen LogP contribution is 2.31. The van der Waals surface area contributed by atoms with Crippen LogP contribution >= 0.6 is 27.5 Å². The fraction of sp³-hybridized carbons (Fsp3) is 0.250. The smallest absolute Gasteiger partial charge is 0.254 e. The largest absolute Gasteiger partial charge is 0.358 e. The van der Waals surface area contributed by atoms with Crippen molar-refractivity contribution in [2.24, 2.45) is 0 Å². The van der Waals surface area contributed by atoms with E-state index in [1.54, 1.807) is 0 Å². The van der Waals surface area contributed by atoms with Gasteiger partial charge < -0.3 is 9.88 Å². The second-order valence-electron chi connectivity index (χ2n) is 6.50. The van der Waals surface area contributed by atoms with Crippen LogP contribution in [0.25, 0.3) is 10.9 Å². The van der Waals surface area contributed by atoms with Crippen LogP contribution in [0.1, 0.15) is 34.8 Å². The van der Waals surface area contributed by atoms with Crippen molar-refractivity contribution in [2.75, 3.05) is 13.1 Å². The molecule has 25 heavy (non-hydrogen) atoms. The van der Waals surface area contributed by atoms with E-state index in [4.69, 9.17) is 11.6 Å². The highest BCUT2D eigenvalue weighted by molar-refractivity contribution is 9.10.